The molecule has 20 heavy (non-hydrogen) atoms. The largest absolute Gasteiger partial charge is 0.480 e. The predicted octanol–water partition coefficient (Wildman–Crippen LogP) is 1.93. The zero-order valence-corrected chi connectivity index (χ0v) is 12.2. The Labute approximate surface area is 119 Å². The predicted molar refractivity (Wildman–Crippen MR) is 78.7 cm³/mol. The van der Waals surface area contributed by atoms with Gasteiger partial charge < -0.3 is 15.7 Å². The van der Waals surface area contributed by atoms with E-state index in [1.165, 1.54) is 4.90 Å². The molecule has 1 amide bonds. The van der Waals surface area contributed by atoms with Crippen molar-refractivity contribution >= 4 is 17.6 Å². The number of nitrogens with zero attached hydrogens (tertiary/aromatic N) is 1. The molecular weight excluding hydrogens is 256 g/mol. The molecular formula is C15H22N2O3. The smallest absolute Gasteiger partial charge is 0.323 e. The van der Waals surface area contributed by atoms with Crippen molar-refractivity contribution in [3.8, 4) is 0 Å². The minimum atomic E-state index is -1.04. The minimum Gasteiger partial charge on any atom is -0.480 e. The number of nitrogens with two attached hydrogens (primary N) is 1. The maximum absolute atomic E-state index is 12.2. The van der Waals surface area contributed by atoms with Gasteiger partial charge in [0.1, 0.15) is 6.54 Å². The van der Waals surface area contributed by atoms with Gasteiger partial charge in [0, 0.05) is 17.6 Å². The normalized spacial score (nSPS) is 11.2. The Morgan fingerprint density at radius 3 is 2.25 bits per heavy atom. The maximum Gasteiger partial charge on any atom is 0.323 e. The molecule has 0 heterocycles. The fourth-order valence-corrected chi connectivity index (χ4v) is 1.75. The van der Waals surface area contributed by atoms with Crippen LogP contribution in [0.2, 0.25) is 0 Å². The number of hydrogen-bond acceptors (Lipinski definition) is 3. The molecule has 3 N–H and O–H groups in total. The number of rotatable bonds is 6. The number of anilines is 1. The maximum atomic E-state index is 12.2. The molecule has 1 aromatic rings. The molecule has 0 saturated carbocycles. The summed E-state index contributed by atoms with van der Waals surface area (Å²) in [5, 5.41) is 8.96. The van der Waals surface area contributed by atoms with Crippen LogP contribution in [0.4, 0.5) is 5.69 Å². The molecule has 0 spiro atoms. The van der Waals surface area contributed by atoms with Crippen LogP contribution in [0.15, 0.2) is 24.3 Å². The van der Waals surface area contributed by atoms with Crippen molar-refractivity contribution in [2.75, 3.05) is 11.4 Å². The first-order valence-electron chi connectivity index (χ1n) is 6.57. The Bertz CT molecular complexity index is 475. The molecule has 1 aromatic carbocycles. The van der Waals surface area contributed by atoms with E-state index in [1.54, 1.807) is 12.1 Å². The van der Waals surface area contributed by atoms with Crippen molar-refractivity contribution < 1.29 is 14.7 Å². The number of carboxylic acids is 1. The van der Waals surface area contributed by atoms with Gasteiger partial charge in [0.2, 0.25) is 5.91 Å². The van der Waals surface area contributed by atoms with Gasteiger partial charge in [0.05, 0.1) is 0 Å². The van der Waals surface area contributed by atoms with Gasteiger partial charge in [-0.2, -0.15) is 0 Å². The van der Waals surface area contributed by atoms with E-state index in [1.807, 2.05) is 32.9 Å². The highest BCUT2D eigenvalue weighted by Crippen LogP contribution is 2.18. The minimum absolute atomic E-state index is 0.227. The van der Waals surface area contributed by atoms with Crippen LogP contribution < -0.4 is 10.6 Å². The van der Waals surface area contributed by atoms with Crippen LogP contribution >= 0.6 is 0 Å². The van der Waals surface area contributed by atoms with Crippen LogP contribution in [0.5, 0.6) is 0 Å². The first-order valence-corrected chi connectivity index (χ1v) is 6.57. The lowest BCUT2D eigenvalue weighted by molar-refractivity contribution is -0.136. The number of carbonyl (C=O) groups is 2. The van der Waals surface area contributed by atoms with Crippen LogP contribution in [0, 0.1) is 6.92 Å². The third-order valence-electron chi connectivity index (χ3n) is 2.92. The highest BCUT2D eigenvalue weighted by atomic mass is 16.4. The molecule has 0 saturated heterocycles. The third-order valence-corrected chi connectivity index (χ3v) is 2.92. The molecule has 5 heteroatoms. The van der Waals surface area contributed by atoms with Crippen molar-refractivity contribution in [3.63, 3.8) is 0 Å². The summed E-state index contributed by atoms with van der Waals surface area (Å²) >= 11 is 0. The molecule has 110 valence electrons. The topological polar surface area (TPSA) is 83.6 Å². The van der Waals surface area contributed by atoms with E-state index in [0.29, 0.717) is 12.1 Å². The molecule has 0 radical (unpaired) electrons. The van der Waals surface area contributed by atoms with Gasteiger partial charge in [-0.25, -0.2) is 0 Å². The van der Waals surface area contributed by atoms with E-state index in [9.17, 15) is 9.59 Å². The van der Waals surface area contributed by atoms with Crippen molar-refractivity contribution in [3.05, 3.63) is 29.8 Å². The van der Waals surface area contributed by atoms with E-state index >= 15 is 0 Å². The number of carboxylic acid groups (broad SMARTS) is 1. The number of amides is 1. The van der Waals surface area contributed by atoms with Crippen molar-refractivity contribution in [2.24, 2.45) is 5.73 Å². The van der Waals surface area contributed by atoms with Gasteiger partial charge in [-0.15, -0.1) is 0 Å². The molecule has 0 aliphatic heterocycles. The molecule has 0 bridgehead atoms. The summed E-state index contributed by atoms with van der Waals surface area (Å²) in [4.78, 5) is 24.4. The average Bonchev–Trinajstić information content (AvgIpc) is 2.33. The van der Waals surface area contributed by atoms with Gasteiger partial charge in [-0.05, 0) is 39.3 Å². The van der Waals surface area contributed by atoms with Gasteiger partial charge in [-0.1, -0.05) is 17.7 Å². The molecule has 0 fully saturated rings. The third kappa shape index (κ3) is 5.40. The summed E-state index contributed by atoms with van der Waals surface area (Å²) < 4.78 is 0. The zero-order valence-electron chi connectivity index (χ0n) is 12.2. The Morgan fingerprint density at radius 2 is 1.80 bits per heavy atom. The average molecular weight is 278 g/mol. The van der Waals surface area contributed by atoms with Crippen LogP contribution in [-0.4, -0.2) is 29.1 Å². The highest BCUT2D eigenvalue weighted by Gasteiger charge is 2.21. The monoisotopic (exact) mass is 278 g/mol. The second kappa shape index (κ2) is 6.52. The lowest BCUT2D eigenvalue weighted by Crippen LogP contribution is -2.38. The Balaban J connectivity index is 2.86. The molecule has 0 aromatic heterocycles. The van der Waals surface area contributed by atoms with E-state index < -0.39 is 11.5 Å². The van der Waals surface area contributed by atoms with Crippen LogP contribution in [0.1, 0.15) is 32.3 Å². The van der Waals surface area contributed by atoms with Crippen molar-refractivity contribution in [1.82, 2.24) is 0 Å². The van der Waals surface area contributed by atoms with Crippen molar-refractivity contribution in [1.29, 1.82) is 0 Å². The SMILES string of the molecule is Cc1ccc(N(CC(=O)O)C(=O)CCC(C)(C)N)cc1. The first-order chi connectivity index (χ1) is 9.19. The second-order valence-corrected chi connectivity index (χ2v) is 5.70. The standard InChI is InChI=1S/C15H22N2O3/c1-11-4-6-12(7-5-11)17(10-14(19)20)13(18)8-9-15(2,3)16/h4-7H,8-10,16H2,1-3H3,(H,19,20). The van der Waals surface area contributed by atoms with E-state index in [0.717, 1.165) is 5.56 Å². The molecule has 0 aliphatic carbocycles. The Morgan fingerprint density at radius 1 is 1.25 bits per heavy atom. The Kier molecular flexibility index (Phi) is 5.27. The van der Waals surface area contributed by atoms with Gasteiger partial charge in [-0.3, -0.25) is 9.59 Å². The van der Waals surface area contributed by atoms with Crippen molar-refractivity contribution in [2.45, 2.75) is 39.2 Å². The fourth-order valence-electron chi connectivity index (χ4n) is 1.75. The summed E-state index contributed by atoms with van der Waals surface area (Å²) in [6, 6.07) is 7.21. The number of aliphatic carboxylic acids is 1. The lowest BCUT2D eigenvalue weighted by Gasteiger charge is -2.24. The number of carbonyl (C=O) groups excluding carboxylic acids is 1. The molecule has 0 atom stereocenters. The van der Waals surface area contributed by atoms with Gasteiger partial charge >= 0.3 is 5.97 Å². The molecule has 0 unspecified atom stereocenters. The zero-order chi connectivity index (χ0) is 15.3. The highest BCUT2D eigenvalue weighted by molar-refractivity contribution is 5.97. The van der Waals surface area contributed by atoms with E-state index in [2.05, 4.69) is 0 Å². The quantitative estimate of drug-likeness (QED) is 0.832. The summed E-state index contributed by atoms with van der Waals surface area (Å²) in [6.45, 7) is 5.28. The van der Waals surface area contributed by atoms with Gasteiger partial charge in [0.15, 0.2) is 0 Å². The van der Waals surface area contributed by atoms with E-state index in [-0.39, 0.29) is 18.9 Å². The summed E-state index contributed by atoms with van der Waals surface area (Å²) in [5.74, 6) is -1.26. The summed E-state index contributed by atoms with van der Waals surface area (Å²) in [7, 11) is 0. The Hall–Kier alpha value is -1.88. The molecule has 5 nitrogen and oxygen atoms in total. The fraction of sp³-hybridized carbons (Fsp3) is 0.467. The van der Waals surface area contributed by atoms with Gasteiger partial charge in [0.25, 0.3) is 0 Å². The number of aryl methyl sites for hydroxylation is 1. The van der Waals surface area contributed by atoms with Crippen LogP contribution in [0.3, 0.4) is 0 Å². The molecule has 1 rings (SSSR count). The summed E-state index contributed by atoms with van der Waals surface area (Å²) in [6.07, 6.45) is 0.735. The molecule has 0 aliphatic rings. The first kappa shape index (κ1) is 16.2. The number of benzene rings is 1. The summed E-state index contributed by atoms with van der Waals surface area (Å²) in [5.41, 5.74) is 7.06. The van der Waals surface area contributed by atoms with E-state index in [4.69, 9.17) is 10.8 Å². The number of hydrogen-bond donors (Lipinski definition) is 2. The van der Waals surface area contributed by atoms with Crippen LogP contribution in [-0.2, 0) is 9.59 Å². The van der Waals surface area contributed by atoms with Crippen LogP contribution in [0.25, 0.3) is 0 Å². The second-order valence-electron chi connectivity index (χ2n) is 5.70. The lowest BCUT2D eigenvalue weighted by atomic mass is 9.99.